The van der Waals surface area contributed by atoms with Crippen LogP contribution in [-0.4, -0.2) is 24.7 Å². The van der Waals surface area contributed by atoms with Crippen LogP contribution in [0.5, 0.6) is 17.2 Å². The summed E-state index contributed by atoms with van der Waals surface area (Å²) in [6.07, 6.45) is 0. The Morgan fingerprint density at radius 3 is 2.65 bits per heavy atom. The lowest BCUT2D eigenvalue weighted by Gasteiger charge is -2.26. The van der Waals surface area contributed by atoms with Crippen molar-refractivity contribution in [3.8, 4) is 17.2 Å². The minimum Gasteiger partial charge on any atom is -0.504 e. The zero-order valence-corrected chi connectivity index (χ0v) is 19.0. The Bertz CT molecular complexity index is 1490. The van der Waals surface area contributed by atoms with Gasteiger partial charge in [-0.25, -0.2) is 0 Å². The van der Waals surface area contributed by atoms with Crippen LogP contribution in [0.1, 0.15) is 40.2 Å². The number of hydrogen-bond acceptors (Lipinski definition) is 6. The number of phenols is 1. The van der Waals surface area contributed by atoms with E-state index in [9.17, 15) is 14.7 Å². The van der Waals surface area contributed by atoms with E-state index in [4.69, 9.17) is 13.9 Å². The van der Waals surface area contributed by atoms with Gasteiger partial charge in [0.2, 0.25) is 5.76 Å². The Labute approximate surface area is 195 Å². The van der Waals surface area contributed by atoms with Crippen molar-refractivity contribution in [1.29, 1.82) is 0 Å². The Hall–Kier alpha value is -4.26. The Kier molecular flexibility index (Phi) is 5.24. The fraction of sp³-hybridized carbons (Fsp3) is 0.185. The molecule has 1 aliphatic rings. The molecule has 0 saturated carbocycles. The largest absolute Gasteiger partial charge is 0.504 e. The maximum absolute atomic E-state index is 13.7. The number of anilines is 1. The Balaban J connectivity index is 1.80. The number of ether oxygens (including phenoxy) is 2. The lowest BCUT2D eigenvalue weighted by atomic mass is 9.97. The molecule has 1 aliphatic heterocycles. The second kappa shape index (κ2) is 8.26. The van der Waals surface area contributed by atoms with Gasteiger partial charge in [-0.1, -0.05) is 23.8 Å². The molecule has 0 fully saturated rings. The summed E-state index contributed by atoms with van der Waals surface area (Å²) in [5.74, 6) is 0.386. The van der Waals surface area contributed by atoms with Crippen molar-refractivity contribution in [2.75, 3.05) is 18.6 Å². The van der Waals surface area contributed by atoms with Crippen molar-refractivity contribution in [3.05, 3.63) is 93.3 Å². The van der Waals surface area contributed by atoms with Crippen LogP contribution >= 0.6 is 0 Å². The highest BCUT2D eigenvalue weighted by Crippen LogP contribution is 2.43. The minimum atomic E-state index is -0.782. The molecule has 4 aromatic rings. The number of nitrogens with zero attached hydrogens (tertiary/aromatic N) is 1. The summed E-state index contributed by atoms with van der Waals surface area (Å²) in [7, 11) is 1.55. The SMILES string of the molecule is CCOc1cc(C2c3c(oc4ccc(C)cc4c3=O)C(=O)N2c2cccc(OC)c2)ccc1O. The van der Waals surface area contributed by atoms with Crippen molar-refractivity contribution >= 4 is 22.6 Å². The van der Waals surface area contributed by atoms with E-state index >= 15 is 0 Å². The highest BCUT2D eigenvalue weighted by molar-refractivity contribution is 6.10. The quantitative estimate of drug-likeness (QED) is 0.455. The van der Waals surface area contributed by atoms with E-state index in [2.05, 4.69) is 0 Å². The number of aromatic hydroxyl groups is 1. The number of carbonyl (C=O) groups is 1. The van der Waals surface area contributed by atoms with Gasteiger partial charge in [-0.15, -0.1) is 0 Å². The predicted octanol–water partition coefficient (Wildman–Crippen LogP) is 4.96. The number of benzene rings is 3. The molecule has 1 atom stereocenters. The van der Waals surface area contributed by atoms with Crippen LogP contribution in [0.15, 0.2) is 69.9 Å². The molecular weight excluding hydrogens is 434 g/mol. The number of hydrogen-bond donors (Lipinski definition) is 1. The van der Waals surface area contributed by atoms with Crippen molar-refractivity contribution in [3.63, 3.8) is 0 Å². The van der Waals surface area contributed by atoms with Crippen LogP contribution in [0.25, 0.3) is 11.0 Å². The molecule has 1 unspecified atom stereocenters. The first-order valence-corrected chi connectivity index (χ1v) is 10.9. The lowest BCUT2D eigenvalue weighted by molar-refractivity contribution is 0.0971. The molecule has 0 radical (unpaired) electrons. The molecule has 172 valence electrons. The second-order valence-corrected chi connectivity index (χ2v) is 8.11. The molecule has 34 heavy (non-hydrogen) atoms. The van der Waals surface area contributed by atoms with Gasteiger partial charge in [0.1, 0.15) is 11.3 Å². The van der Waals surface area contributed by atoms with Gasteiger partial charge in [-0.3, -0.25) is 14.5 Å². The third-order valence-corrected chi connectivity index (χ3v) is 5.96. The molecule has 5 rings (SSSR count). The zero-order chi connectivity index (χ0) is 24.0. The molecule has 0 spiro atoms. The summed E-state index contributed by atoms with van der Waals surface area (Å²) >= 11 is 0. The number of rotatable bonds is 5. The minimum absolute atomic E-state index is 0.000192. The number of phenolic OH excluding ortho intramolecular Hbond substituents is 1. The van der Waals surface area contributed by atoms with Gasteiger partial charge in [0.15, 0.2) is 16.9 Å². The van der Waals surface area contributed by atoms with E-state index in [0.29, 0.717) is 34.6 Å². The van der Waals surface area contributed by atoms with Crippen LogP contribution in [0.3, 0.4) is 0 Å². The summed E-state index contributed by atoms with van der Waals surface area (Å²) in [5, 5.41) is 10.6. The molecule has 0 bridgehead atoms. The number of fused-ring (bicyclic) bond motifs is 2. The third-order valence-electron chi connectivity index (χ3n) is 5.96. The summed E-state index contributed by atoms with van der Waals surface area (Å²) in [6.45, 7) is 4.06. The van der Waals surface area contributed by atoms with Crippen LogP contribution in [-0.2, 0) is 0 Å². The highest BCUT2D eigenvalue weighted by Gasteiger charge is 2.44. The van der Waals surface area contributed by atoms with Gasteiger partial charge in [0.25, 0.3) is 5.91 Å². The van der Waals surface area contributed by atoms with Crippen molar-refractivity contribution in [2.24, 2.45) is 0 Å². The molecule has 2 heterocycles. The first kappa shape index (κ1) is 21.6. The fourth-order valence-electron chi connectivity index (χ4n) is 4.40. The molecule has 3 aromatic carbocycles. The van der Waals surface area contributed by atoms with Crippen molar-refractivity contribution in [2.45, 2.75) is 19.9 Å². The monoisotopic (exact) mass is 457 g/mol. The van der Waals surface area contributed by atoms with E-state index in [0.717, 1.165) is 5.56 Å². The zero-order valence-electron chi connectivity index (χ0n) is 19.0. The Morgan fingerprint density at radius 2 is 1.88 bits per heavy atom. The molecule has 0 saturated heterocycles. The van der Waals surface area contributed by atoms with Gasteiger partial charge in [-0.2, -0.15) is 0 Å². The van der Waals surface area contributed by atoms with E-state index in [1.165, 1.54) is 11.0 Å². The van der Waals surface area contributed by atoms with Crippen LogP contribution in [0.4, 0.5) is 5.69 Å². The van der Waals surface area contributed by atoms with E-state index in [1.807, 2.05) is 19.9 Å². The van der Waals surface area contributed by atoms with Crippen LogP contribution in [0.2, 0.25) is 0 Å². The van der Waals surface area contributed by atoms with Crippen molar-refractivity contribution < 1.29 is 23.8 Å². The van der Waals surface area contributed by atoms with Crippen molar-refractivity contribution in [1.82, 2.24) is 0 Å². The van der Waals surface area contributed by atoms with E-state index in [-0.39, 0.29) is 28.3 Å². The summed E-state index contributed by atoms with van der Waals surface area (Å²) < 4.78 is 16.9. The second-order valence-electron chi connectivity index (χ2n) is 8.11. The fourth-order valence-corrected chi connectivity index (χ4v) is 4.40. The molecule has 7 nitrogen and oxygen atoms in total. The average Bonchev–Trinajstić information content (AvgIpc) is 3.13. The van der Waals surface area contributed by atoms with Gasteiger partial charge in [0.05, 0.1) is 30.7 Å². The van der Waals surface area contributed by atoms with Crippen LogP contribution < -0.4 is 19.8 Å². The number of methoxy groups -OCH3 is 1. The maximum atomic E-state index is 13.7. The van der Waals surface area contributed by atoms with Gasteiger partial charge >= 0.3 is 0 Å². The molecule has 1 N–H and O–H groups in total. The standard InChI is InChI=1S/C27H23NO6/c1-4-33-22-13-16(9-10-20(22)29)24-23-25(30)19-12-15(2)8-11-21(19)34-26(23)27(31)28(24)17-6-5-7-18(14-17)32-3/h5-14,24,29H,4H2,1-3H3. The first-order valence-electron chi connectivity index (χ1n) is 10.9. The summed E-state index contributed by atoms with van der Waals surface area (Å²) in [6, 6.07) is 16.4. The molecular formula is C27H23NO6. The normalized spacial score (nSPS) is 15.0. The highest BCUT2D eigenvalue weighted by atomic mass is 16.5. The first-order chi connectivity index (χ1) is 16.4. The Morgan fingerprint density at radius 1 is 1.06 bits per heavy atom. The topological polar surface area (TPSA) is 89.2 Å². The van der Waals surface area contributed by atoms with Gasteiger partial charge in [-0.05, 0) is 55.8 Å². The number of amides is 1. The van der Waals surface area contributed by atoms with E-state index in [1.54, 1.807) is 55.6 Å². The molecule has 0 aliphatic carbocycles. The maximum Gasteiger partial charge on any atom is 0.295 e. The lowest BCUT2D eigenvalue weighted by Crippen LogP contribution is -2.29. The molecule has 1 aromatic heterocycles. The summed E-state index contributed by atoms with van der Waals surface area (Å²) in [4.78, 5) is 28.9. The summed E-state index contributed by atoms with van der Waals surface area (Å²) in [5.41, 5.74) is 2.40. The van der Waals surface area contributed by atoms with E-state index < -0.39 is 11.9 Å². The van der Waals surface area contributed by atoms with Crippen LogP contribution in [0, 0.1) is 6.92 Å². The number of carbonyl (C=O) groups excluding carboxylic acids is 1. The van der Waals surface area contributed by atoms with Gasteiger partial charge in [0, 0.05) is 11.8 Å². The smallest absolute Gasteiger partial charge is 0.295 e. The third kappa shape index (κ3) is 3.37. The average molecular weight is 457 g/mol. The van der Waals surface area contributed by atoms with Gasteiger partial charge < -0.3 is 19.0 Å². The predicted molar refractivity (Wildman–Crippen MR) is 128 cm³/mol. The molecule has 7 heteroatoms. The molecule has 1 amide bonds. The number of aryl methyl sites for hydroxylation is 1.